The van der Waals surface area contributed by atoms with Crippen LogP contribution in [0.5, 0.6) is 17.5 Å². The number of esters is 1. The number of benzene rings is 1. The molecule has 0 bridgehead atoms. The molecule has 0 radical (unpaired) electrons. The molecule has 0 saturated carbocycles. The fraction of sp³-hybridized carbons (Fsp3) is 0.154. The van der Waals surface area contributed by atoms with Crippen LogP contribution in [0.1, 0.15) is 12.5 Å². The van der Waals surface area contributed by atoms with Gasteiger partial charge in [-0.2, -0.15) is 0 Å². The van der Waals surface area contributed by atoms with E-state index in [-0.39, 0.29) is 6.01 Å². The van der Waals surface area contributed by atoms with Crippen LogP contribution in [0.3, 0.4) is 0 Å². The Bertz CT molecular complexity index is 555. The van der Waals surface area contributed by atoms with Crippen molar-refractivity contribution >= 4 is 5.97 Å². The molecule has 0 unspecified atom stereocenters. The van der Waals surface area contributed by atoms with Gasteiger partial charge in [-0.3, -0.25) is 4.79 Å². The van der Waals surface area contributed by atoms with Crippen molar-refractivity contribution in [3.8, 4) is 17.5 Å². The largest absolute Gasteiger partial charge is 0.423 e. The molecule has 0 N–H and O–H groups in total. The van der Waals surface area contributed by atoms with Crippen LogP contribution in [0.4, 0.5) is 0 Å². The Kier molecular flexibility index (Phi) is 3.52. The molecule has 2 rings (SSSR count). The molecule has 0 amide bonds. The fourth-order valence-corrected chi connectivity index (χ4v) is 1.42. The van der Waals surface area contributed by atoms with Crippen LogP contribution in [0.15, 0.2) is 36.7 Å². The van der Waals surface area contributed by atoms with Crippen molar-refractivity contribution < 1.29 is 14.3 Å². The zero-order valence-corrected chi connectivity index (χ0v) is 10.1. The number of aryl methyl sites for hydroxylation is 1. The molecule has 1 aromatic carbocycles. The standard InChI is InChI=1S/C13H12N2O3/c1-9-5-3-6-11(17-10(2)16)12(9)18-13-14-7-4-8-15-13/h3-8H,1-2H3. The normalized spacial score (nSPS) is 9.89. The summed E-state index contributed by atoms with van der Waals surface area (Å²) in [6, 6.07) is 7.20. The van der Waals surface area contributed by atoms with Crippen molar-refractivity contribution in [2.75, 3.05) is 0 Å². The van der Waals surface area contributed by atoms with E-state index in [0.29, 0.717) is 11.5 Å². The molecular weight excluding hydrogens is 232 g/mol. The van der Waals surface area contributed by atoms with Crippen molar-refractivity contribution in [3.63, 3.8) is 0 Å². The maximum absolute atomic E-state index is 11.0. The van der Waals surface area contributed by atoms with Gasteiger partial charge in [0.2, 0.25) is 0 Å². The summed E-state index contributed by atoms with van der Waals surface area (Å²) in [6.45, 7) is 3.19. The topological polar surface area (TPSA) is 61.3 Å². The molecule has 2 aromatic rings. The van der Waals surface area contributed by atoms with Gasteiger partial charge in [-0.05, 0) is 24.6 Å². The monoisotopic (exact) mass is 244 g/mol. The van der Waals surface area contributed by atoms with Crippen molar-refractivity contribution in [2.45, 2.75) is 13.8 Å². The Morgan fingerprint density at radius 3 is 2.56 bits per heavy atom. The van der Waals surface area contributed by atoms with Crippen LogP contribution in [0.25, 0.3) is 0 Å². The lowest BCUT2D eigenvalue weighted by Crippen LogP contribution is -2.04. The van der Waals surface area contributed by atoms with Crippen molar-refractivity contribution in [1.82, 2.24) is 9.97 Å². The number of para-hydroxylation sites is 1. The van der Waals surface area contributed by atoms with Gasteiger partial charge in [0.1, 0.15) is 0 Å². The van der Waals surface area contributed by atoms with Crippen LogP contribution >= 0.6 is 0 Å². The first-order valence-corrected chi connectivity index (χ1v) is 5.39. The predicted molar refractivity (Wildman–Crippen MR) is 64.6 cm³/mol. The van der Waals surface area contributed by atoms with E-state index in [1.165, 1.54) is 6.92 Å². The number of hydrogen-bond donors (Lipinski definition) is 0. The first-order chi connectivity index (χ1) is 8.66. The van der Waals surface area contributed by atoms with Gasteiger partial charge in [0.15, 0.2) is 11.5 Å². The Labute approximate surface area is 104 Å². The number of nitrogens with zero attached hydrogens (tertiary/aromatic N) is 2. The molecule has 18 heavy (non-hydrogen) atoms. The molecule has 5 nitrogen and oxygen atoms in total. The number of hydrogen-bond acceptors (Lipinski definition) is 5. The minimum Gasteiger partial charge on any atom is -0.423 e. The van der Waals surface area contributed by atoms with Gasteiger partial charge in [-0.25, -0.2) is 9.97 Å². The summed E-state index contributed by atoms with van der Waals surface area (Å²) >= 11 is 0. The Balaban J connectivity index is 2.34. The van der Waals surface area contributed by atoms with Gasteiger partial charge in [0.05, 0.1) is 0 Å². The summed E-state index contributed by atoms with van der Waals surface area (Å²) in [4.78, 5) is 18.9. The third kappa shape index (κ3) is 2.82. The average molecular weight is 244 g/mol. The van der Waals surface area contributed by atoms with E-state index < -0.39 is 5.97 Å². The maximum Gasteiger partial charge on any atom is 0.321 e. The van der Waals surface area contributed by atoms with Gasteiger partial charge < -0.3 is 9.47 Å². The van der Waals surface area contributed by atoms with Crippen molar-refractivity contribution in [2.24, 2.45) is 0 Å². The number of carbonyl (C=O) groups is 1. The molecule has 1 aromatic heterocycles. The molecule has 92 valence electrons. The Morgan fingerprint density at radius 1 is 1.17 bits per heavy atom. The molecule has 0 aliphatic carbocycles. The number of aromatic nitrogens is 2. The Morgan fingerprint density at radius 2 is 1.89 bits per heavy atom. The average Bonchev–Trinajstić information content (AvgIpc) is 2.34. The summed E-state index contributed by atoms with van der Waals surface area (Å²) in [7, 11) is 0. The third-order valence-electron chi connectivity index (χ3n) is 2.16. The maximum atomic E-state index is 11.0. The highest BCUT2D eigenvalue weighted by atomic mass is 16.6. The zero-order valence-electron chi connectivity index (χ0n) is 10.1. The van der Waals surface area contributed by atoms with E-state index in [9.17, 15) is 4.79 Å². The molecule has 0 saturated heterocycles. The van der Waals surface area contributed by atoms with E-state index in [2.05, 4.69) is 9.97 Å². The molecule has 0 atom stereocenters. The molecule has 0 spiro atoms. The summed E-state index contributed by atoms with van der Waals surface area (Å²) < 4.78 is 10.6. The lowest BCUT2D eigenvalue weighted by Gasteiger charge is -2.11. The second-order valence-corrected chi connectivity index (χ2v) is 3.63. The summed E-state index contributed by atoms with van der Waals surface area (Å²) in [5, 5.41) is 0. The van der Waals surface area contributed by atoms with Crippen LogP contribution in [0, 0.1) is 6.92 Å². The van der Waals surface area contributed by atoms with Crippen LogP contribution in [0.2, 0.25) is 0 Å². The zero-order chi connectivity index (χ0) is 13.0. The smallest absolute Gasteiger partial charge is 0.321 e. The highest BCUT2D eigenvalue weighted by Gasteiger charge is 2.12. The first-order valence-electron chi connectivity index (χ1n) is 5.39. The summed E-state index contributed by atoms with van der Waals surface area (Å²) in [6.07, 6.45) is 3.15. The minimum atomic E-state index is -0.403. The van der Waals surface area contributed by atoms with E-state index in [1.807, 2.05) is 13.0 Å². The highest BCUT2D eigenvalue weighted by molar-refractivity contribution is 5.70. The van der Waals surface area contributed by atoms with Gasteiger partial charge in [0.25, 0.3) is 0 Å². The summed E-state index contributed by atoms with van der Waals surface area (Å²) in [5.74, 6) is 0.397. The lowest BCUT2D eigenvalue weighted by atomic mass is 10.2. The Hall–Kier alpha value is -2.43. The lowest BCUT2D eigenvalue weighted by molar-refractivity contribution is -0.132. The number of ether oxygens (including phenoxy) is 2. The van der Waals surface area contributed by atoms with Crippen LogP contribution in [-0.2, 0) is 4.79 Å². The van der Waals surface area contributed by atoms with Crippen molar-refractivity contribution in [3.05, 3.63) is 42.2 Å². The van der Waals surface area contributed by atoms with Gasteiger partial charge in [-0.1, -0.05) is 12.1 Å². The number of carbonyl (C=O) groups excluding carboxylic acids is 1. The van der Waals surface area contributed by atoms with E-state index in [0.717, 1.165) is 5.56 Å². The van der Waals surface area contributed by atoms with Gasteiger partial charge in [-0.15, -0.1) is 0 Å². The highest BCUT2D eigenvalue weighted by Crippen LogP contribution is 2.33. The van der Waals surface area contributed by atoms with Crippen LogP contribution in [-0.4, -0.2) is 15.9 Å². The van der Waals surface area contributed by atoms with E-state index in [1.54, 1.807) is 30.6 Å². The second-order valence-electron chi connectivity index (χ2n) is 3.63. The van der Waals surface area contributed by atoms with E-state index in [4.69, 9.17) is 9.47 Å². The SMILES string of the molecule is CC(=O)Oc1cccc(C)c1Oc1ncccn1. The molecular formula is C13H12N2O3. The summed E-state index contributed by atoms with van der Waals surface area (Å²) in [5.41, 5.74) is 0.834. The molecule has 0 aliphatic rings. The molecule has 1 heterocycles. The molecule has 0 aliphatic heterocycles. The molecule has 0 fully saturated rings. The van der Waals surface area contributed by atoms with Gasteiger partial charge in [0, 0.05) is 19.3 Å². The number of rotatable bonds is 3. The molecule has 5 heteroatoms. The van der Waals surface area contributed by atoms with Crippen LogP contribution < -0.4 is 9.47 Å². The first kappa shape index (κ1) is 12.0. The quantitative estimate of drug-likeness (QED) is 0.613. The minimum absolute atomic E-state index is 0.209. The predicted octanol–water partition coefficient (Wildman–Crippen LogP) is 2.50. The second kappa shape index (κ2) is 5.27. The van der Waals surface area contributed by atoms with Gasteiger partial charge >= 0.3 is 12.0 Å². The van der Waals surface area contributed by atoms with E-state index >= 15 is 0 Å². The fourth-order valence-electron chi connectivity index (χ4n) is 1.42. The third-order valence-corrected chi connectivity index (χ3v) is 2.16. The van der Waals surface area contributed by atoms with Crippen molar-refractivity contribution in [1.29, 1.82) is 0 Å².